The number of aliphatic hydroxyl groups excluding tert-OH is 3. The van der Waals surface area contributed by atoms with Gasteiger partial charge in [0.05, 0.1) is 48.3 Å². The monoisotopic (exact) mass is 1120 g/mol. The van der Waals surface area contributed by atoms with Crippen molar-refractivity contribution in [3.8, 4) is 0 Å². The normalized spacial score (nSPS) is 28.7. The number of ether oxygens (including phenoxy) is 8. The molecule has 2 saturated heterocycles. The standard InChI is InChI=1S/C48H79N7O21S/c1-44(2,3)73-40(60)49-23-30(56)37(59)51-27-21-28(53-42(62)75-46(7,8)9)35(32(57)34(27)72-39-33(58)36(48(13,64)24-69-39)54(14)43(63)76-47(10,11)12)71-38-26(52-41(61)74-45(4,5)6)20-19-25(70-38)22-50-77(67,68)31-18-16-15-17-29(31)55(65)66/h15-18,25-28,30,32-36,38-39,50,56-58,64H,19-24H2,1-14H3,(H,49,60)(H,51,59)(H,52,61)(H,53,62)/t25-,26+,27+,28-,30?,32+,33+,34-,35+,36+,38+,39+,48-/m0/s1. The van der Waals surface area contributed by atoms with Gasteiger partial charge < -0.3 is 84.5 Å². The highest BCUT2D eigenvalue weighted by atomic mass is 32.2. The smallest absolute Gasteiger partial charge is 0.410 e. The predicted molar refractivity (Wildman–Crippen MR) is 269 cm³/mol. The Kier molecular flexibility index (Phi) is 21.1. The van der Waals surface area contributed by atoms with Crippen molar-refractivity contribution in [2.75, 3.05) is 26.7 Å². The molecule has 13 atom stereocenters. The number of likely N-dealkylation sites (N-methyl/N-ethyl adjacent to an activating group) is 1. The van der Waals surface area contributed by atoms with E-state index in [9.17, 15) is 62.9 Å². The highest BCUT2D eigenvalue weighted by molar-refractivity contribution is 7.89. The molecule has 4 rings (SSSR count). The molecule has 1 saturated carbocycles. The minimum absolute atomic E-state index is 0.00279. The number of nitrogens with zero attached hydrogens (tertiary/aromatic N) is 2. The van der Waals surface area contributed by atoms with Crippen LogP contribution < -0.4 is 26.0 Å². The molecule has 28 nitrogen and oxygen atoms in total. The Labute approximate surface area is 448 Å². The molecule has 3 fully saturated rings. The van der Waals surface area contributed by atoms with E-state index in [1.54, 1.807) is 83.1 Å². The van der Waals surface area contributed by atoms with Gasteiger partial charge in [-0.3, -0.25) is 14.9 Å². The molecule has 9 N–H and O–H groups in total. The van der Waals surface area contributed by atoms with Gasteiger partial charge in [-0.2, -0.15) is 0 Å². The number of nitro benzene ring substituents is 1. The number of nitrogens with one attached hydrogen (secondary N) is 5. The maximum atomic E-state index is 13.8. The third kappa shape index (κ3) is 19.3. The molecule has 1 aliphatic carbocycles. The third-order valence-corrected chi connectivity index (χ3v) is 13.1. The van der Waals surface area contributed by atoms with E-state index in [-0.39, 0.29) is 12.8 Å². The van der Waals surface area contributed by atoms with Crippen LogP contribution in [-0.2, 0) is 52.7 Å². The first-order valence-corrected chi connectivity index (χ1v) is 26.4. The molecule has 3 aliphatic rings. The lowest BCUT2D eigenvalue weighted by Gasteiger charge is -2.51. The largest absolute Gasteiger partial charge is 0.444 e. The molecule has 2 aliphatic heterocycles. The number of rotatable bonds is 16. The number of amides is 5. The summed E-state index contributed by atoms with van der Waals surface area (Å²) in [7, 11) is -3.29. The SMILES string of the molecule is CN(C(=O)OC(C)(C)C)[C@@H]1[C@@H](O)[C@@H](O[C@@H]2[C@@H](O)[C@H](O[C@H]3O[C@H](CNS(=O)(=O)c4ccccc4[N+](=O)[O-])CC[C@H]3NC(=O)OC(C)(C)C)[C@@H](NC(=O)OC(C)(C)C)C[C@H]2NC(=O)C(O)CNC(=O)OC(C)(C)C)OC[C@]1(C)O. The van der Waals surface area contributed by atoms with Crippen molar-refractivity contribution in [1.29, 1.82) is 0 Å². The van der Waals surface area contributed by atoms with Crippen LogP contribution in [0, 0.1) is 10.1 Å². The first-order valence-electron chi connectivity index (χ1n) is 25.0. The van der Waals surface area contributed by atoms with E-state index in [2.05, 4.69) is 26.0 Å². The second-order valence-corrected chi connectivity index (χ2v) is 25.0. The van der Waals surface area contributed by atoms with E-state index in [0.717, 1.165) is 17.0 Å². The van der Waals surface area contributed by atoms with Crippen molar-refractivity contribution in [2.24, 2.45) is 0 Å². The Morgan fingerprint density at radius 3 is 1.83 bits per heavy atom. The molecule has 0 radical (unpaired) electrons. The molecule has 2 heterocycles. The second-order valence-electron chi connectivity index (χ2n) is 23.3. The minimum Gasteiger partial charge on any atom is -0.444 e. The van der Waals surface area contributed by atoms with Crippen LogP contribution in [0.1, 0.15) is 109 Å². The van der Waals surface area contributed by atoms with Crippen LogP contribution in [-0.4, -0.2) is 197 Å². The van der Waals surface area contributed by atoms with Gasteiger partial charge in [-0.15, -0.1) is 0 Å². The van der Waals surface area contributed by atoms with Gasteiger partial charge in [0.15, 0.2) is 17.5 Å². The average molecular weight is 1120 g/mol. The molecule has 0 aromatic heterocycles. The molecular formula is C48H79N7O21S. The molecule has 0 bridgehead atoms. The van der Waals surface area contributed by atoms with Crippen LogP contribution in [0.15, 0.2) is 29.2 Å². The zero-order valence-electron chi connectivity index (χ0n) is 46.0. The predicted octanol–water partition coefficient (Wildman–Crippen LogP) is 1.77. The fraction of sp³-hybridized carbons (Fsp3) is 0.771. The number of aliphatic hydroxyl groups is 4. The summed E-state index contributed by atoms with van der Waals surface area (Å²) in [6.45, 7) is 18.7. The van der Waals surface area contributed by atoms with E-state index in [0.29, 0.717) is 0 Å². The number of benzene rings is 1. The van der Waals surface area contributed by atoms with Crippen molar-refractivity contribution in [1.82, 2.24) is 30.9 Å². The molecule has 5 amide bonds. The lowest BCUT2D eigenvalue weighted by Crippen LogP contribution is -2.71. The first-order chi connectivity index (χ1) is 35.2. The van der Waals surface area contributed by atoms with E-state index in [1.165, 1.54) is 26.1 Å². The lowest BCUT2D eigenvalue weighted by molar-refractivity contribution is -0.387. The topological polar surface area (TPSA) is 381 Å². The first kappa shape index (κ1) is 64.3. The van der Waals surface area contributed by atoms with Crippen LogP contribution in [0.25, 0.3) is 0 Å². The molecule has 1 unspecified atom stereocenters. The highest BCUT2D eigenvalue weighted by Gasteiger charge is 2.55. The number of carbonyl (C=O) groups is 5. The number of nitro groups is 1. The zero-order chi connectivity index (χ0) is 58.4. The van der Waals surface area contributed by atoms with Crippen molar-refractivity contribution < 1.29 is 95.6 Å². The highest BCUT2D eigenvalue weighted by Crippen LogP contribution is 2.35. The Bertz CT molecular complexity index is 2350. The summed E-state index contributed by atoms with van der Waals surface area (Å²) in [5.74, 6) is -1.14. The van der Waals surface area contributed by atoms with Crippen LogP contribution in [0.4, 0.5) is 24.9 Å². The number of hydrogen-bond acceptors (Lipinski definition) is 21. The third-order valence-electron chi connectivity index (χ3n) is 11.6. The number of sulfonamides is 1. The van der Waals surface area contributed by atoms with Gasteiger partial charge in [-0.1, -0.05) is 12.1 Å². The average Bonchev–Trinajstić information content (AvgIpc) is 3.26. The Morgan fingerprint density at radius 1 is 0.779 bits per heavy atom. The van der Waals surface area contributed by atoms with Crippen molar-refractivity contribution in [3.05, 3.63) is 34.4 Å². The van der Waals surface area contributed by atoms with Gasteiger partial charge in [0.2, 0.25) is 10.0 Å². The van der Waals surface area contributed by atoms with Crippen LogP contribution >= 0.6 is 0 Å². The summed E-state index contributed by atoms with van der Waals surface area (Å²) in [4.78, 5) is 77.8. The van der Waals surface area contributed by atoms with Crippen LogP contribution in [0.2, 0.25) is 0 Å². The van der Waals surface area contributed by atoms with E-state index < -0.39 is 183 Å². The summed E-state index contributed by atoms with van der Waals surface area (Å²) in [5.41, 5.74) is -6.67. The molecule has 0 spiro atoms. The van der Waals surface area contributed by atoms with Gasteiger partial charge in [0.1, 0.15) is 58.5 Å². The minimum atomic E-state index is -4.55. The molecule has 1 aromatic carbocycles. The summed E-state index contributed by atoms with van der Waals surface area (Å²) in [5, 5.41) is 69.0. The molecule has 438 valence electrons. The van der Waals surface area contributed by atoms with Crippen LogP contribution in [0.5, 0.6) is 0 Å². The fourth-order valence-electron chi connectivity index (χ4n) is 8.48. The van der Waals surface area contributed by atoms with Gasteiger partial charge in [-0.05, 0) is 115 Å². The van der Waals surface area contributed by atoms with Crippen molar-refractivity contribution >= 4 is 46.0 Å². The maximum absolute atomic E-state index is 13.8. The Hall–Kier alpha value is -5.24. The zero-order valence-corrected chi connectivity index (χ0v) is 46.8. The summed E-state index contributed by atoms with van der Waals surface area (Å²) >= 11 is 0. The molecule has 29 heteroatoms. The van der Waals surface area contributed by atoms with E-state index in [4.69, 9.17) is 37.9 Å². The number of alkyl carbamates (subject to hydrolysis) is 3. The second kappa shape index (κ2) is 25.3. The van der Waals surface area contributed by atoms with Gasteiger partial charge in [0.25, 0.3) is 11.6 Å². The van der Waals surface area contributed by atoms with Crippen molar-refractivity contribution in [2.45, 2.75) is 216 Å². The van der Waals surface area contributed by atoms with Crippen molar-refractivity contribution in [3.63, 3.8) is 0 Å². The van der Waals surface area contributed by atoms with Crippen LogP contribution in [0.3, 0.4) is 0 Å². The van der Waals surface area contributed by atoms with Gasteiger partial charge in [-0.25, -0.2) is 32.3 Å². The fourth-order valence-corrected chi connectivity index (χ4v) is 9.72. The lowest BCUT2D eigenvalue weighted by atomic mass is 9.82. The quantitative estimate of drug-likeness (QED) is 0.0647. The molecule has 1 aromatic rings. The summed E-state index contributed by atoms with van der Waals surface area (Å²) < 4.78 is 76.1. The maximum Gasteiger partial charge on any atom is 0.410 e. The Balaban J connectivity index is 1.80. The Morgan fingerprint density at radius 2 is 1.29 bits per heavy atom. The van der Waals surface area contributed by atoms with Gasteiger partial charge in [0, 0.05) is 19.7 Å². The van der Waals surface area contributed by atoms with E-state index in [1.807, 2.05) is 0 Å². The van der Waals surface area contributed by atoms with E-state index >= 15 is 0 Å². The molecular weight excluding hydrogens is 1040 g/mol. The number of para-hydroxylation sites is 1. The summed E-state index contributed by atoms with van der Waals surface area (Å²) in [6.07, 6.45) is -18.3. The molecule has 77 heavy (non-hydrogen) atoms. The van der Waals surface area contributed by atoms with Gasteiger partial charge >= 0.3 is 24.4 Å². The number of carbonyl (C=O) groups excluding carboxylic acids is 5. The number of hydrogen-bond donors (Lipinski definition) is 9. The summed E-state index contributed by atoms with van der Waals surface area (Å²) in [6, 6.07) is -0.882.